The molecular weight excluding hydrogens is 651 g/mol. The highest BCUT2D eigenvalue weighted by Gasteiger charge is 2.23. The molecule has 0 fully saturated rings. The molecule has 3 N–H and O–H groups in total. The second-order valence-electron chi connectivity index (χ2n) is 12.0. The molecular formula is C44H37N3O3S. The molecule has 0 aliphatic heterocycles. The Bertz CT molecular complexity index is 2150. The lowest BCUT2D eigenvalue weighted by atomic mass is 10.0. The number of anilines is 2. The zero-order valence-electron chi connectivity index (χ0n) is 28.3. The van der Waals surface area contributed by atoms with Crippen molar-refractivity contribution >= 4 is 46.9 Å². The van der Waals surface area contributed by atoms with Gasteiger partial charge in [-0.3, -0.25) is 14.4 Å². The summed E-state index contributed by atoms with van der Waals surface area (Å²) >= 11 is 1.42. The first-order valence-corrected chi connectivity index (χ1v) is 17.4. The zero-order chi connectivity index (χ0) is 35.6. The lowest BCUT2D eigenvalue weighted by molar-refractivity contribution is -0.116. The van der Waals surface area contributed by atoms with Crippen molar-refractivity contribution in [3.63, 3.8) is 0 Å². The van der Waals surface area contributed by atoms with E-state index in [0.29, 0.717) is 11.3 Å². The third kappa shape index (κ3) is 9.29. The molecule has 51 heavy (non-hydrogen) atoms. The van der Waals surface area contributed by atoms with Crippen molar-refractivity contribution in [1.82, 2.24) is 5.32 Å². The summed E-state index contributed by atoms with van der Waals surface area (Å²) in [5.74, 6) is -0.995. The maximum absolute atomic E-state index is 13.7. The van der Waals surface area contributed by atoms with E-state index in [1.807, 2.05) is 135 Å². The number of benzene rings is 6. The molecule has 7 heteroatoms. The van der Waals surface area contributed by atoms with E-state index in [2.05, 4.69) is 16.0 Å². The first-order valence-electron chi connectivity index (χ1n) is 16.6. The molecule has 1 atom stereocenters. The van der Waals surface area contributed by atoms with Gasteiger partial charge in [0.15, 0.2) is 0 Å². The molecule has 0 saturated carbocycles. The fraction of sp³-hybridized carbons (Fsp3) is 0.0682. The van der Waals surface area contributed by atoms with Gasteiger partial charge in [-0.15, -0.1) is 11.8 Å². The molecule has 0 bridgehead atoms. The van der Waals surface area contributed by atoms with Crippen molar-refractivity contribution in [1.29, 1.82) is 0 Å². The van der Waals surface area contributed by atoms with Crippen LogP contribution in [0.3, 0.4) is 0 Å². The Morgan fingerprint density at radius 3 is 1.82 bits per heavy atom. The van der Waals surface area contributed by atoms with Crippen LogP contribution in [-0.4, -0.2) is 17.7 Å². The molecule has 0 spiro atoms. The Balaban J connectivity index is 1.19. The number of rotatable bonds is 11. The highest BCUT2D eigenvalue weighted by molar-refractivity contribution is 8.00. The number of aryl methyl sites for hydroxylation is 2. The van der Waals surface area contributed by atoms with Crippen LogP contribution in [0.4, 0.5) is 11.4 Å². The second-order valence-corrected chi connectivity index (χ2v) is 13.2. The average Bonchev–Trinajstić information content (AvgIpc) is 3.17. The summed E-state index contributed by atoms with van der Waals surface area (Å²) in [5, 5.41) is 8.30. The third-order valence-electron chi connectivity index (χ3n) is 8.34. The van der Waals surface area contributed by atoms with Crippen LogP contribution in [0.15, 0.2) is 168 Å². The van der Waals surface area contributed by atoms with Gasteiger partial charge in [-0.2, -0.15) is 0 Å². The van der Waals surface area contributed by atoms with Crippen LogP contribution >= 0.6 is 11.8 Å². The van der Waals surface area contributed by atoms with Gasteiger partial charge < -0.3 is 16.0 Å². The van der Waals surface area contributed by atoms with E-state index < -0.39 is 17.1 Å². The van der Waals surface area contributed by atoms with Gasteiger partial charge in [0.2, 0.25) is 5.91 Å². The summed E-state index contributed by atoms with van der Waals surface area (Å²) in [5.41, 5.74) is 7.85. The minimum absolute atomic E-state index is 0.0990. The number of carbonyl (C=O) groups excluding carboxylic acids is 3. The molecule has 252 valence electrons. The number of hydrogen-bond donors (Lipinski definition) is 3. The molecule has 0 aromatic heterocycles. The minimum Gasteiger partial charge on any atom is -0.325 e. The fourth-order valence-corrected chi connectivity index (χ4v) is 6.42. The number of carbonyl (C=O) groups is 3. The molecule has 0 heterocycles. The standard InChI is InChI=1S/C44H37N3O3S/c1-30-18-23-38(28-31(30)2)46-44(50)41(35-14-8-4-9-15-35)51-39-26-24-37(25-27-39)45-43(49)40(47-42(48)36-16-10-5-11-17-36)29-32-19-21-34(22-20-32)33-12-6-3-7-13-33/h3-29,41H,1-2H3,(H,45,49)(H,46,50)(H,47,48)/b40-29-. The summed E-state index contributed by atoms with van der Waals surface area (Å²) in [6, 6.07) is 49.4. The number of amides is 3. The van der Waals surface area contributed by atoms with E-state index >= 15 is 0 Å². The van der Waals surface area contributed by atoms with Crippen LogP contribution in [0, 0.1) is 13.8 Å². The quantitative estimate of drug-likeness (QED) is 0.0935. The Hall–Kier alpha value is -6.18. The van der Waals surface area contributed by atoms with E-state index in [1.165, 1.54) is 11.8 Å². The van der Waals surface area contributed by atoms with Crippen LogP contribution in [0.5, 0.6) is 0 Å². The van der Waals surface area contributed by atoms with Crippen molar-refractivity contribution in [3.8, 4) is 11.1 Å². The second kappa shape index (κ2) is 16.5. The lowest BCUT2D eigenvalue weighted by Crippen LogP contribution is -2.30. The van der Waals surface area contributed by atoms with Gasteiger partial charge in [-0.1, -0.05) is 109 Å². The van der Waals surface area contributed by atoms with Crippen molar-refractivity contribution in [2.24, 2.45) is 0 Å². The summed E-state index contributed by atoms with van der Waals surface area (Å²) in [6.45, 7) is 4.06. The normalized spacial score (nSPS) is 11.7. The maximum atomic E-state index is 13.7. The van der Waals surface area contributed by atoms with Gasteiger partial charge >= 0.3 is 0 Å². The van der Waals surface area contributed by atoms with Gasteiger partial charge in [0, 0.05) is 21.8 Å². The minimum atomic E-state index is -0.510. The van der Waals surface area contributed by atoms with Crippen LogP contribution in [0.25, 0.3) is 17.2 Å². The van der Waals surface area contributed by atoms with Crippen molar-refractivity contribution < 1.29 is 14.4 Å². The Morgan fingerprint density at radius 1 is 0.588 bits per heavy atom. The fourth-order valence-electron chi connectivity index (χ4n) is 5.39. The van der Waals surface area contributed by atoms with Gasteiger partial charge in [0.05, 0.1) is 0 Å². The van der Waals surface area contributed by atoms with Crippen LogP contribution in [0.2, 0.25) is 0 Å². The predicted octanol–water partition coefficient (Wildman–Crippen LogP) is 9.85. The SMILES string of the molecule is Cc1ccc(NC(=O)C(Sc2ccc(NC(=O)/C(=C/c3ccc(-c4ccccc4)cc3)NC(=O)c3ccccc3)cc2)c2ccccc2)cc1C. The highest BCUT2D eigenvalue weighted by atomic mass is 32.2. The third-order valence-corrected chi connectivity index (χ3v) is 9.60. The summed E-state index contributed by atoms with van der Waals surface area (Å²) in [4.78, 5) is 41.3. The Labute approximate surface area is 302 Å². The smallest absolute Gasteiger partial charge is 0.272 e. The van der Waals surface area contributed by atoms with Gasteiger partial charge in [-0.05, 0) is 102 Å². The monoisotopic (exact) mass is 687 g/mol. The summed E-state index contributed by atoms with van der Waals surface area (Å²) in [6.07, 6.45) is 1.66. The molecule has 0 aliphatic carbocycles. The summed E-state index contributed by atoms with van der Waals surface area (Å²) < 4.78 is 0. The van der Waals surface area contributed by atoms with Gasteiger partial charge in [-0.25, -0.2) is 0 Å². The molecule has 0 radical (unpaired) electrons. The molecule has 6 aromatic rings. The molecule has 0 aliphatic rings. The number of nitrogens with one attached hydrogen (secondary N) is 3. The van der Waals surface area contributed by atoms with Crippen LogP contribution in [0.1, 0.15) is 37.9 Å². The Morgan fingerprint density at radius 2 is 1.18 bits per heavy atom. The van der Waals surface area contributed by atoms with E-state index in [1.54, 1.807) is 42.5 Å². The predicted molar refractivity (Wildman–Crippen MR) is 208 cm³/mol. The van der Waals surface area contributed by atoms with Gasteiger partial charge in [0.1, 0.15) is 10.9 Å². The Kier molecular flexibility index (Phi) is 11.2. The van der Waals surface area contributed by atoms with Crippen molar-refractivity contribution in [2.45, 2.75) is 24.0 Å². The van der Waals surface area contributed by atoms with E-state index in [9.17, 15) is 14.4 Å². The maximum Gasteiger partial charge on any atom is 0.272 e. The average molecular weight is 688 g/mol. The zero-order valence-corrected chi connectivity index (χ0v) is 29.1. The number of thioether (sulfide) groups is 1. The molecule has 1 unspecified atom stereocenters. The molecule has 6 aromatic carbocycles. The molecule has 3 amide bonds. The largest absolute Gasteiger partial charge is 0.325 e. The van der Waals surface area contributed by atoms with Crippen molar-refractivity contribution in [3.05, 3.63) is 191 Å². The summed E-state index contributed by atoms with van der Waals surface area (Å²) in [7, 11) is 0. The molecule has 6 rings (SSSR count). The molecule has 0 saturated heterocycles. The van der Waals surface area contributed by atoms with Crippen LogP contribution < -0.4 is 16.0 Å². The van der Waals surface area contributed by atoms with E-state index in [0.717, 1.165) is 44.0 Å². The molecule has 6 nitrogen and oxygen atoms in total. The van der Waals surface area contributed by atoms with E-state index in [-0.39, 0.29) is 11.6 Å². The first-order chi connectivity index (χ1) is 24.8. The van der Waals surface area contributed by atoms with Crippen LogP contribution in [-0.2, 0) is 9.59 Å². The highest BCUT2D eigenvalue weighted by Crippen LogP contribution is 2.37. The topological polar surface area (TPSA) is 87.3 Å². The van der Waals surface area contributed by atoms with Crippen molar-refractivity contribution in [2.75, 3.05) is 10.6 Å². The lowest BCUT2D eigenvalue weighted by Gasteiger charge is -2.18. The van der Waals surface area contributed by atoms with Gasteiger partial charge in [0.25, 0.3) is 11.8 Å². The number of hydrogen-bond acceptors (Lipinski definition) is 4. The van der Waals surface area contributed by atoms with E-state index in [4.69, 9.17) is 0 Å². The first kappa shape index (κ1) is 34.7.